The molecule has 170 valence electrons. The highest BCUT2D eigenvalue weighted by atomic mass is 16.2. The van der Waals surface area contributed by atoms with Crippen molar-refractivity contribution in [1.82, 2.24) is 10.6 Å². The van der Waals surface area contributed by atoms with Crippen molar-refractivity contribution >= 4 is 17.6 Å². The van der Waals surface area contributed by atoms with Gasteiger partial charge in [0.15, 0.2) is 5.78 Å². The molecule has 5 heteroatoms. The maximum atomic E-state index is 13.0. The van der Waals surface area contributed by atoms with E-state index in [1.165, 1.54) is 0 Å². The van der Waals surface area contributed by atoms with Gasteiger partial charge < -0.3 is 10.6 Å². The number of carbonyl (C=O) groups excluding carboxylic acids is 3. The number of ketones is 1. The van der Waals surface area contributed by atoms with E-state index in [2.05, 4.69) is 31.4 Å². The van der Waals surface area contributed by atoms with Gasteiger partial charge in [0.25, 0.3) is 0 Å². The van der Waals surface area contributed by atoms with Crippen molar-refractivity contribution < 1.29 is 14.4 Å². The lowest BCUT2D eigenvalue weighted by Gasteiger charge is -2.24. The molecule has 0 aliphatic carbocycles. The Hall–Kier alpha value is -1.39. The molecule has 0 aromatic heterocycles. The van der Waals surface area contributed by atoms with Crippen LogP contribution in [-0.2, 0) is 14.4 Å². The number of nitrogens with one attached hydrogen (secondary N) is 2. The molecule has 3 unspecified atom stereocenters. The third-order valence-electron chi connectivity index (χ3n) is 5.31. The average molecular weight is 411 g/mol. The summed E-state index contributed by atoms with van der Waals surface area (Å²) in [5.74, 6) is -0.0221. The minimum atomic E-state index is -0.561. The van der Waals surface area contributed by atoms with Crippen LogP contribution in [0.15, 0.2) is 0 Å². The molecule has 0 aliphatic heterocycles. The molecular formula is C24H46N2O3. The zero-order chi connectivity index (χ0) is 22.2. The Morgan fingerprint density at radius 3 is 1.66 bits per heavy atom. The van der Waals surface area contributed by atoms with Crippen molar-refractivity contribution in [3.8, 4) is 0 Å². The summed E-state index contributed by atoms with van der Waals surface area (Å²) in [4.78, 5) is 38.2. The zero-order valence-electron chi connectivity index (χ0n) is 19.8. The molecule has 2 amide bonds. The van der Waals surface area contributed by atoms with Crippen molar-refractivity contribution in [2.75, 3.05) is 0 Å². The van der Waals surface area contributed by atoms with Crippen LogP contribution in [0.25, 0.3) is 0 Å². The van der Waals surface area contributed by atoms with Gasteiger partial charge in [-0.1, -0.05) is 86.5 Å². The van der Waals surface area contributed by atoms with Gasteiger partial charge >= 0.3 is 0 Å². The minimum Gasteiger partial charge on any atom is -0.345 e. The van der Waals surface area contributed by atoms with Crippen LogP contribution >= 0.6 is 0 Å². The van der Waals surface area contributed by atoms with E-state index in [0.29, 0.717) is 19.3 Å². The molecule has 5 nitrogen and oxygen atoms in total. The molecule has 0 saturated heterocycles. The molecule has 0 aromatic carbocycles. The predicted octanol–water partition coefficient (Wildman–Crippen LogP) is 5.17. The lowest BCUT2D eigenvalue weighted by molar-refractivity contribution is -0.133. The maximum Gasteiger partial charge on any atom is 0.243 e. The molecule has 0 bridgehead atoms. The summed E-state index contributed by atoms with van der Waals surface area (Å²) in [7, 11) is 0. The number of hydrogen-bond acceptors (Lipinski definition) is 3. The fourth-order valence-corrected chi connectivity index (χ4v) is 3.47. The Morgan fingerprint density at radius 1 is 0.655 bits per heavy atom. The molecule has 29 heavy (non-hydrogen) atoms. The van der Waals surface area contributed by atoms with Crippen molar-refractivity contribution in [1.29, 1.82) is 0 Å². The summed E-state index contributed by atoms with van der Waals surface area (Å²) < 4.78 is 0. The van der Waals surface area contributed by atoms with Gasteiger partial charge in [0.05, 0.1) is 6.04 Å². The first kappa shape index (κ1) is 27.6. The topological polar surface area (TPSA) is 75.3 Å². The first-order chi connectivity index (χ1) is 13.8. The molecule has 0 radical (unpaired) electrons. The van der Waals surface area contributed by atoms with Gasteiger partial charge in [-0.25, -0.2) is 0 Å². The first-order valence-electron chi connectivity index (χ1n) is 11.9. The molecular weight excluding hydrogens is 364 g/mol. The number of Topliss-reactive ketones (excluding diaryl/α,β-unsaturated/α-hetero) is 1. The summed E-state index contributed by atoms with van der Waals surface area (Å²) in [5, 5.41) is 5.93. The Labute approximate surface area is 179 Å². The quantitative estimate of drug-likeness (QED) is 0.325. The van der Waals surface area contributed by atoms with Crippen molar-refractivity contribution in [3.05, 3.63) is 0 Å². The fraction of sp³-hybridized carbons (Fsp3) is 0.875. The van der Waals surface area contributed by atoms with Crippen LogP contribution in [0.4, 0.5) is 0 Å². The average Bonchev–Trinajstić information content (AvgIpc) is 2.66. The summed E-state index contributed by atoms with van der Waals surface area (Å²) in [6.45, 7) is 12.2. The third kappa shape index (κ3) is 12.7. The second-order valence-corrected chi connectivity index (χ2v) is 8.87. The standard InChI is InChI=1S/C24H46N2O3/c1-7-10-12-15-20(22(27)17-18(4)5)25-24(29)21(16-13-11-8-2)26-23(28)19(6)14-9-3/h18-21H,7-17H2,1-6H3,(H,25,29)(H,26,28). The highest BCUT2D eigenvalue weighted by molar-refractivity contribution is 5.93. The maximum absolute atomic E-state index is 13.0. The van der Waals surface area contributed by atoms with E-state index < -0.39 is 12.1 Å². The SMILES string of the molecule is CCCCCC(NC(=O)C(CCCCC)NC(=O)C(C)CCC)C(=O)CC(C)C. The largest absolute Gasteiger partial charge is 0.345 e. The summed E-state index contributed by atoms with van der Waals surface area (Å²) in [6, 6.07) is -1.01. The minimum absolute atomic E-state index is 0.0699. The van der Waals surface area contributed by atoms with Crippen molar-refractivity contribution in [2.45, 2.75) is 124 Å². The highest BCUT2D eigenvalue weighted by Gasteiger charge is 2.27. The molecule has 0 aromatic rings. The van der Waals surface area contributed by atoms with E-state index >= 15 is 0 Å². The normalized spacial score (nSPS) is 14.3. The Bertz CT molecular complexity index is 477. The number of rotatable bonds is 17. The van der Waals surface area contributed by atoms with Gasteiger partial charge in [-0.05, 0) is 25.2 Å². The lowest BCUT2D eigenvalue weighted by atomic mass is 9.96. The van der Waals surface area contributed by atoms with E-state index in [9.17, 15) is 14.4 Å². The zero-order valence-corrected chi connectivity index (χ0v) is 19.8. The molecule has 0 rings (SSSR count). The van der Waals surface area contributed by atoms with Gasteiger partial charge in [0.2, 0.25) is 11.8 Å². The van der Waals surface area contributed by atoms with Crippen LogP contribution < -0.4 is 10.6 Å². The van der Waals surface area contributed by atoms with E-state index in [1.807, 2.05) is 20.8 Å². The predicted molar refractivity (Wildman–Crippen MR) is 121 cm³/mol. The highest BCUT2D eigenvalue weighted by Crippen LogP contribution is 2.12. The van der Waals surface area contributed by atoms with Gasteiger partial charge in [-0.3, -0.25) is 14.4 Å². The lowest BCUT2D eigenvalue weighted by Crippen LogP contribution is -2.52. The number of carbonyl (C=O) groups is 3. The van der Waals surface area contributed by atoms with E-state index in [4.69, 9.17) is 0 Å². The van der Waals surface area contributed by atoms with Crippen LogP contribution in [0.2, 0.25) is 0 Å². The summed E-state index contributed by atoms with van der Waals surface area (Å²) in [6.07, 6.45) is 9.51. The smallest absolute Gasteiger partial charge is 0.243 e. The Kier molecular flexibility index (Phi) is 15.6. The molecule has 3 atom stereocenters. The number of amides is 2. The van der Waals surface area contributed by atoms with Crippen LogP contribution in [0.1, 0.15) is 112 Å². The van der Waals surface area contributed by atoms with Crippen LogP contribution in [0.5, 0.6) is 0 Å². The molecule has 0 saturated carbocycles. The first-order valence-corrected chi connectivity index (χ1v) is 11.9. The van der Waals surface area contributed by atoms with Crippen molar-refractivity contribution in [2.24, 2.45) is 11.8 Å². The van der Waals surface area contributed by atoms with Crippen molar-refractivity contribution in [3.63, 3.8) is 0 Å². The summed E-state index contributed by atoms with van der Waals surface area (Å²) >= 11 is 0. The van der Waals surface area contributed by atoms with E-state index in [0.717, 1.165) is 51.4 Å². The van der Waals surface area contributed by atoms with Crippen LogP contribution in [0.3, 0.4) is 0 Å². The fourth-order valence-electron chi connectivity index (χ4n) is 3.47. The molecule has 0 heterocycles. The summed E-state index contributed by atoms with van der Waals surface area (Å²) in [5.41, 5.74) is 0. The van der Waals surface area contributed by atoms with Gasteiger partial charge in [0.1, 0.15) is 6.04 Å². The molecule has 2 N–H and O–H groups in total. The second kappa shape index (κ2) is 16.4. The molecule has 0 spiro atoms. The number of hydrogen-bond donors (Lipinski definition) is 2. The Morgan fingerprint density at radius 2 is 1.17 bits per heavy atom. The van der Waals surface area contributed by atoms with Crippen LogP contribution in [0, 0.1) is 11.8 Å². The Balaban J connectivity index is 5.14. The van der Waals surface area contributed by atoms with Gasteiger partial charge in [0, 0.05) is 12.3 Å². The van der Waals surface area contributed by atoms with E-state index in [-0.39, 0.29) is 29.4 Å². The van der Waals surface area contributed by atoms with E-state index in [1.54, 1.807) is 0 Å². The van der Waals surface area contributed by atoms with Crippen LogP contribution in [-0.4, -0.2) is 29.7 Å². The molecule has 0 fully saturated rings. The van der Waals surface area contributed by atoms with Gasteiger partial charge in [-0.2, -0.15) is 0 Å². The third-order valence-corrected chi connectivity index (χ3v) is 5.31. The number of unbranched alkanes of at least 4 members (excludes halogenated alkanes) is 4. The molecule has 0 aliphatic rings. The van der Waals surface area contributed by atoms with Gasteiger partial charge in [-0.15, -0.1) is 0 Å². The second-order valence-electron chi connectivity index (χ2n) is 8.87. The monoisotopic (exact) mass is 410 g/mol.